The Morgan fingerprint density at radius 3 is 3.05 bits per heavy atom. The first-order chi connectivity index (χ1) is 9.66. The molecule has 4 nitrogen and oxygen atoms in total. The van der Waals surface area contributed by atoms with Crippen LogP contribution in [0.4, 0.5) is 0 Å². The van der Waals surface area contributed by atoms with Gasteiger partial charge < -0.3 is 10.2 Å². The predicted molar refractivity (Wildman–Crippen MR) is 81.1 cm³/mol. The molecule has 0 aromatic carbocycles. The summed E-state index contributed by atoms with van der Waals surface area (Å²) in [6, 6.07) is 4.00. The Balaban J connectivity index is 1.67. The van der Waals surface area contributed by atoms with Crippen LogP contribution in [-0.2, 0) is 0 Å². The number of nitrogens with one attached hydrogen (secondary N) is 1. The van der Waals surface area contributed by atoms with Crippen LogP contribution in [0.5, 0.6) is 0 Å². The van der Waals surface area contributed by atoms with Crippen molar-refractivity contribution in [2.24, 2.45) is 0 Å². The Morgan fingerprint density at radius 2 is 2.35 bits per heavy atom. The van der Waals surface area contributed by atoms with Crippen molar-refractivity contribution in [3.8, 4) is 0 Å². The number of pyridine rings is 1. The maximum Gasteiger partial charge on any atom is 0.252 e. The lowest BCUT2D eigenvalue weighted by Gasteiger charge is -2.33. The predicted octanol–water partition coefficient (Wildman–Crippen LogP) is 2.73. The normalized spacial score (nSPS) is 19.8. The van der Waals surface area contributed by atoms with Gasteiger partial charge in [-0.1, -0.05) is 18.0 Å². The smallest absolute Gasteiger partial charge is 0.252 e. The molecule has 20 heavy (non-hydrogen) atoms. The Kier molecular flexibility index (Phi) is 5.80. The number of carbonyl (C=O) groups is 1. The second-order valence-corrected chi connectivity index (χ2v) is 5.75. The molecule has 2 heterocycles. The summed E-state index contributed by atoms with van der Waals surface area (Å²) >= 11 is 5.69. The van der Waals surface area contributed by atoms with Gasteiger partial charge in [-0.2, -0.15) is 0 Å². The van der Waals surface area contributed by atoms with Gasteiger partial charge in [0, 0.05) is 25.3 Å². The van der Waals surface area contributed by atoms with E-state index in [9.17, 15) is 4.79 Å². The van der Waals surface area contributed by atoms with Crippen molar-refractivity contribution in [2.75, 3.05) is 19.6 Å². The minimum atomic E-state index is -0.0825. The van der Waals surface area contributed by atoms with Crippen LogP contribution in [0.2, 0.25) is 5.15 Å². The zero-order chi connectivity index (χ0) is 14.4. The number of likely N-dealkylation sites (tertiary alicyclic amines) is 1. The average Bonchev–Trinajstić information content (AvgIpc) is 2.46. The van der Waals surface area contributed by atoms with E-state index in [0.717, 1.165) is 13.0 Å². The highest BCUT2D eigenvalue weighted by molar-refractivity contribution is 6.29. The zero-order valence-corrected chi connectivity index (χ0v) is 12.7. The SMILES string of the molecule is CC1CCCCN1CCCNC(=O)c1ccc(Cl)nc1. The molecule has 0 aliphatic carbocycles. The van der Waals surface area contributed by atoms with E-state index in [1.807, 2.05) is 0 Å². The van der Waals surface area contributed by atoms with Crippen LogP contribution in [0.3, 0.4) is 0 Å². The summed E-state index contributed by atoms with van der Waals surface area (Å²) in [4.78, 5) is 18.3. The number of hydrogen-bond donors (Lipinski definition) is 1. The molecule has 110 valence electrons. The molecule has 1 fully saturated rings. The fourth-order valence-electron chi connectivity index (χ4n) is 2.59. The molecule has 2 rings (SSSR count). The highest BCUT2D eigenvalue weighted by Gasteiger charge is 2.17. The molecule has 1 N–H and O–H groups in total. The van der Waals surface area contributed by atoms with Crippen LogP contribution in [0.15, 0.2) is 18.3 Å². The molecule has 5 heteroatoms. The molecular formula is C15H22ClN3O. The van der Waals surface area contributed by atoms with Gasteiger partial charge in [0.1, 0.15) is 5.15 Å². The molecule has 0 saturated carbocycles. The molecule has 1 aromatic heterocycles. The van der Waals surface area contributed by atoms with Crippen LogP contribution in [0.25, 0.3) is 0 Å². The number of amides is 1. The number of halogens is 1. The molecule has 1 unspecified atom stereocenters. The van der Waals surface area contributed by atoms with Crippen LogP contribution in [0, 0.1) is 0 Å². The molecule has 1 aromatic rings. The summed E-state index contributed by atoms with van der Waals surface area (Å²) in [5, 5.41) is 3.33. The lowest BCUT2D eigenvalue weighted by atomic mass is 10.0. The molecule has 1 saturated heterocycles. The third kappa shape index (κ3) is 4.46. The maximum absolute atomic E-state index is 11.9. The van der Waals surface area contributed by atoms with Gasteiger partial charge in [-0.05, 0) is 44.9 Å². The highest BCUT2D eigenvalue weighted by Crippen LogP contribution is 2.16. The van der Waals surface area contributed by atoms with Gasteiger partial charge >= 0.3 is 0 Å². The van der Waals surface area contributed by atoms with Crippen molar-refractivity contribution >= 4 is 17.5 Å². The first kappa shape index (κ1) is 15.3. The van der Waals surface area contributed by atoms with Crippen molar-refractivity contribution in [1.82, 2.24) is 15.2 Å². The number of rotatable bonds is 5. The van der Waals surface area contributed by atoms with Crippen LogP contribution < -0.4 is 5.32 Å². The second-order valence-electron chi connectivity index (χ2n) is 5.36. The number of aromatic nitrogens is 1. The quantitative estimate of drug-likeness (QED) is 0.671. The van der Waals surface area contributed by atoms with E-state index >= 15 is 0 Å². The number of carbonyl (C=O) groups excluding carboxylic acids is 1. The van der Waals surface area contributed by atoms with Gasteiger partial charge in [-0.15, -0.1) is 0 Å². The number of hydrogen-bond acceptors (Lipinski definition) is 3. The Bertz CT molecular complexity index is 435. The fourth-order valence-corrected chi connectivity index (χ4v) is 2.70. The van der Waals surface area contributed by atoms with E-state index in [1.54, 1.807) is 12.1 Å². The van der Waals surface area contributed by atoms with E-state index in [4.69, 9.17) is 11.6 Å². The van der Waals surface area contributed by atoms with Crippen molar-refractivity contribution in [2.45, 2.75) is 38.6 Å². The summed E-state index contributed by atoms with van der Waals surface area (Å²) in [5.41, 5.74) is 0.556. The summed E-state index contributed by atoms with van der Waals surface area (Å²) in [6.07, 6.45) is 6.43. The molecular weight excluding hydrogens is 274 g/mol. The van der Waals surface area contributed by atoms with Crippen molar-refractivity contribution < 1.29 is 4.79 Å². The lowest BCUT2D eigenvalue weighted by Crippen LogP contribution is -2.39. The second kappa shape index (κ2) is 7.60. The van der Waals surface area contributed by atoms with Gasteiger partial charge in [0.2, 0.25) is 0 Å². The summed E-state index contributed by atoms with van der Waals surface area (Å²) in [6.45, 7) is 5.23. The molecule has 1 aliphatic heterocycles. The standard InChI is InChI=1S/C15H22ClN3O/c1-12-5-2-3-9-19(12)10-4-8-17-15(20)13-6-7-14(16)18-11-13/h6-7,11-12H,2-5,8-10H2,1H3,(H,17,20). The van der Waals surface area contributed by atoms with Gasteiger partial charge in [-0.3, -0.25) is 4.79 Å². The molecule has 1 atom stereocenters. The topological polar surface area (TPSA) is 45.2 Å². The molecule has 0 radical (unpaired) electrons. The lowest BCUT2D eigenvalue weighted by molar-refractivity contribution is 0.0948. The van der Waals surface area contributed by atoms with E-state index in [-0.39, 0.29) is 5.91 Å². The van der Waals surface area contributed by atoms with E-state index in [1.165, 1.54) is 32.0 Å². The third-order valence-electron chi connectivity index (χ3n) is 3.84. The Morgan fingerprint density at radius 1 is 1.50 bits per heavy atom. The van der Waals surface area contributed by atoms with Crippen LogP contribution in [0.1, 0.15) is 43.0 Å². The van der Waals surface area contributed by atoms with Crippen molar-refractivity contribution in [3.63, 3.8) is 0 Å². The number of piperidine rings is 1. The molecule has 1 amide bonds. The minimum Gasteiger partial charge on any atom is -0.352 e. The van der Waals surface area contributed by atoms with Gasteiger partial charge in [0.05, 0.1) is 5.56 Å². The van der Waals surface area contributed by atoms with Gasteiger partial charge in [-0.25, -0.2) is 4.98 Å². The van der Waals surface area contributed by atoms with E-state index in [2.05, 4.69) is 22.1 Å². The summed E-state index contributed by atoms with van der Waals surface area (Å²) in [5.74, 6) is -0.0825. The largest absolute Gasteiger partial charge is 0.352 e. The fraction of sp³-hybridized carbons (Fsp3) is 0.600. The highest BCUT2D eigenvalue weighted by atomic mass is 35.5. The summed E-state index contributed by atoms with van der Waals surface area (Å²) in [7, 11) is 0. The molecule has 1 aliphatic rings. The Hall–Kier alpha value is -1.13. The zero-order valence-electron chi connectivity index (χ0n) is 11.9. The van der Waals surface area contributed by atoms with E-state index < -0.39 is 0 Å². The average molecular weight is 296 g/mol. The molecule has 0 bridgehead atoms. The van der Waals surface area contributed by atoms with Crippen molar-refractivity contribution in [1.29, 1.82) is 0 Å². The summed E-state index contributed by atoms with van der Waals surface area (Å²) < 4.78 is 0. The number of nitrogens with zero attached hydrogens (tertiary/aromatic N) is 2. The third-order valence-corrected chi connectivity index (χ3v) is 4.06. The van der Waals surface area contributed by atoms with E-state index in [0.29, 0.717) is 23.3 Å². The maximum atomic E-state index is 11.9. The van der Waals surface area contributed by atoms with Gasteiger partial charge in [0.15, 0.2) is 0 Å². The minimum absolute atomic E-state index is 0.0825. The Labute approximate surface area is 125 Å². The monoisotopic (exact) mass is 295 g/mol. The first-order valence-corrected chi connectivity index (χ1v) is 7.68. The van der Waals surface area contributed by atoms with Crippen LogP contribution in [-0.4, -0.2) is 41.5 Å². The molecule has 0 spiro atoms. The first-order valence-electron chi connectivity index (χ1n) is 7.30. The van der Waals surface area contributed by atoms with Crippen molar-refractivity contribution in [3.05, 3.63) is 29.0 Å². The van der Waals surface area contributed by atoms with Crippen LogP contribution >= 0.6 is 11.6 Å². The van der Waals surface area contributed by atoms with Gasteiger partial charge in [0.25, 0.3) is 5.91 Å².